The smallest absolute Gasteiger partial charge is 0.271 e. The van der Waals surface area contributed by atoms with Gasteiger partial charge in [0.2, 0.25) is 0 Å². The quantitative estimate of drug-likeness (QED) is 0.355. The number of halogens is 1. The third kappa shape index (κ3) is 4.87. The summed E-state index contributed by atoms with van der Waals surface area (Å²) < 4.78 is 9.06. The number of hydrogen-bond acceptors (Lipinski definition) is 7. The van der Waals surface area contributed by atoms with Gasteiger partial charge in [-0.05, 0) is 35.4 Å². The second kappa shape index (κ2) is 10.7. The molecule has 11 heteroatoms. The van der Waals surface area contributed by atoms with E-state index in [9.17, 15) is 15.2 Å². The van der Waals surface area contributed by atoms with E-state index in [0.29, 0.717) is 40.8 Å². The molecule has 4 heterocycles. The number of fused-ring (bicyclic) bond motifs is 1. The SMILES string of the molecule is COCC1Cn2cc(-c3cc(Nc4ccnn4C)ncc3Cl)cc2C(=O)N1Cc1cc(C#N)ccc1CO. The lowest BCUT2D eigenvalue weighted by molar-refractivity contribution is 0.0386. The van der Waals surface area contributed by atoms with Crippen molar-refractivity contribution in [1.29, 1.82) is 5.26 Å². The van der Waals surface area contributed by atoms with Crippen molar-refractivity contribution in [3.8, 4) is 17.2 Å². The lowest BCUT2D eigenvalue weighted by Gasteiger charge is -2.36. The number of nitrogens with zero attached hydrogens (tertiary/aromatic N) is 6. The zero-order chi connectivity index (χ0) is 26.8. The van der Waals surface area contributed by atoms with Crippen LogP contribution in [-0.2, 0) is 31.5 Å². The molecule has 10 nitrogen and oxygen atoms in total. The highest BCUT2D eigenvalue weighted by Gasteiger charge is 2.34. The third-order valence-corrected chi connectivity index (χ3v) is 6.97. The largest absolute Gasteiger partial charge is 0.392 e. The van der Waals surface area contributed by atoms with Crippen LogP contribution >= 0.6 is 11.6 Å². The zero-order valence-corrected chi connectivity index (χ0v) is 21.7. The lowest BCUT2D eigenvalue weighted by atomic mass is 10.0. The van der Waals surface area contributed by atoms with Crippen molar-refractivity contribution >= 4 is 29.1 Å². The van der Waals surface area contributed by atoms with Gasteiger partial charge >= 0.3 is 0 Å². The molecule has 0 bridgehead atoms. The minimum absolute atomic E-state index is 0.172. The number of amides is 1. The molecular formula is C27H26ClN7O3. The second-order valence-electron chi connectivity index (χ2n) is 9.08. The molecule has 0 radical (unpaired) electrons. The van der Waals surface area contributed by atoms with Crippen LogP contribution in [0.2, 0.25) is 5.02 Å². The molecule has 2 N–H and O–H groups in total. The highest BCUT2D eigenvalue weighted by Crippen LogP contribution is 2.34. The summed E-state index contributed by atoms with van der Waals surface area (Å²) in [6.45, 7) is 0.909. The summed E-state index contributed by atoms with van der Waals surface area (Å²) >= 11 is 6.54. The van der Waals surface area contributed by atoms with E-state index in [1.807, 2.05) is 36.0 Å². The molecule has 1 aromatic carbocycles. The van der Waals surface area contributed by atoms with Crippen molar-refractivity contribution in [3.05, 3.63) is 82.4 Å². The summed E-state index contributed by atoms with van der Waals surface area (Å²) in [6, 6.07) is 12.5. The van der Waals surface area contributed by atoms with E-state index in [2.05, 4.69) is 21.5 Å². The fraction of sp³-hybridized carbons (Fsp3) is 0.259. The second-order valence-corrected chi connectivity index (χ2v) is 9.48. The van der Waals surface area contributed by atoms with Crippen molar-refractivity contribution in [2.75, 3.05) is 19.0 Å². The van der Waals surface area contributed by atoms with E-state index in [-0.39, 0.29) is 25.1 Å². The summed E-state index contributed by atoms with van der Waals surface area (Å²) in [5.41, 5.74) is 3.91. The van der Waals surface area contributed by atoms with Gasteiger partial charge in [-0.15, -0.1) is 0 Å². The first-order valence-corrected chi connectivity index (χ1v) is 12.3. The molecule has 0 spiro atoms. The van der Waals surface area contributed by atoms with Gasteiger partial charge in [0.25, 0.3) is 5.91 Å². The number of anilines is 2. The molecule has 1 aliphatic rings. The molecule has 194 valence electrons. The maximum absolute atomic E-state index is 13.8. The molecule has 38 heavy (non-hydrogen) atoms. The number of nitrogens with one attached hydrogen (secondary N) is 1. The van der Waals surface area contributed by atoms with Crippen LogP contribution in [0.4, 0.5) is 11.6 Å². The van der Waals surface area contributed by atoms with E-state index in [4.69, 9.17) is 16.3 Å². The van der Waals surface area contributed by atoms with Crippen molar-refractivity contribution < 1.29 is 14.6 Å². The van der Waals surface area contributed by atoms with Gasteiger partial charge in [0.05, 0.1) is 42.1 Å². The van der Waals surface area contributed by atoms with Gasteiger partial charge in [-0.2, -0.15) is 10.4 Å². The van der Waals surface area contributed by atoms with Gasteiger partial charge in [0.15, 0.2) is 0 Å². The minimum atomic E-state index is -0.243. The Morgan fingerprint density at radius 1 is 1.26 bits per heavy atom. The number of aryl methyl sites for hydroxylation is 1. The van der Waals surface area contributed by atoms with Crippen LogP contribution in [-0.4, -0.2) is 55.0 Å². The number of aromatic nitrogens is 4. The molecule has 4 aromatic rings. The summed E-state index contributed by atoms with van der Waals surface area (Å²) in [5, 5.41) is 27.0. The number of ether oxygens (including phenoxy) is 1. The maximum atomic E-state index is 13.8. The van der Waals surface area contributed by atoms with Crippen LogP contribution in [0.1, 0.15) is 27.2 Å². The first-order chi connectivity index (χ1) is 18.4. The monoisotopic (exact) mass is 531 g/mol. The standard InChI is InChI=1S/C27H26ClN7O3/c1-33-26(5-6-31-33)32-25-9-22(23(28)11-30-25)20-8-24-27(37)35(21(16-38-2)14-34(24)12-20)13-19-7-17(10-29)3-4-18(19)15-36/h3-9,11-12,21,36H,13-16H2,1-2H3,(H,30,32). The van der Waals surface area contributed by atoms with Gasteiger partial charge in [-0.3, -0.25) is 9.48 Å². The Morgan fingerprint density at radius 3 is 2.82 bits per heavy atom. The highest BCUT2D eigenvalue weighted by atomic mass is 35.5. The van der Waals surface area contributed by atoms with E-state index in [0.717, 1.165) is 22.5 Å². The molecule has 0 saturated carbocycles. The number of carbonyl (C=O) groups is 1. The summed E-state index contributed by atoms with van der Waals surface area (Å²) in [4.78, 5) is 19.9. The molecule has 0 aliphatic carbocycles. The van der Waals surface area contributed by atoms with Gasteiger partial charge in [0, 0.05) is 56.8 Å². The summed E-state index contributed by atoms with van der Waals surface area (Å²) in [6.07, 6.45) is 5.18. The average molecular weight is 532 g/mol. The van der Waals surface area contributed by atoms with E-state index >= 15 is 0 Å². The summed E-state index contributed by atoms with van der Waals surface area (Å²) in [7, 11) is 3.43. The van der Waals surface area contributed by atoms with Crippen molar-refractivity contribution in [2.24, 2.45) is 7.05 Å². The van der Waals surface area contributed by atoms with Crippen molar-refractivity contribution in [3.63, 3.8) is 0 Å². The molecule has 0 fully saturated rings. The molecule has 5 rings (SSSR count). The predicted molar refractivity (Wildman–Crippen MR) is 142 cm³/mol. The Labute approximate surface area is 224 Å². The number of nitriles is 1. The van der Waals surface area contributed by atoms with Crippen LogP contribution < -0.4 is 5.32 Å². The van der Waals surface area contributed by atoms with Gasteiger partial charge < -0.3 is 24.6 Å². The molecule has 1 aliphatic heterocycles. The molecule has 1 amide bonds. The lowest BCUT2D eigenvalue weighted by Crippen LogP contribution is -2.49. The number of methoxy groups -OCH3 is 1. The van der Waals surface area contributed by atoms with Crippen LogP contribution in [0, 0.1) is 11.3 Å². The first-order valence-electron chi connectivity index (χ1n) is 12.0. The number of rotatable bonds is 8. The Hall–Kier alpha value is -4.17. The number of benzene rings is 1. The predicted octanol–water partition coefficient (Wildman–Crippen LogP) is 3.72. The van der Waals surface area contributed by atoms with Crippen LogP contribution in [0.3, 0.4) is 0 Å². The van der Waals surface area contributed by atoms with Crippen LogP contribution in [0.5, 0.6) is 0 Å². The number of carbonyl (C=O) groups excluding carboxylic acids is 1. The summed E-state index contributed by atoms with van der Waals surface area (Å²) in [5.74, 6) is 1.20. The highest BCUT2D eigenvalue weighted by molar-refractivity contribution is 6.33. The fourth-order valence-corrected chi connectivity index (χ4v) is 4.91. The number of pyridine rings is 1. The topological polar surface area (TPSA) is 121 Å². The van der Waals surface area contributed by atoms with Crippen LogP contribution in [0.25, 0.3) is 11.1 Å². The Kier molecular flexibility index (Phi) is 7.15. The minimum Gasteiger partial charge on any atom is -0.392 e. The van der Waals surface area contributed by atoms with Gasteiger partial charge in [0.1, 0.15) is 17.3 Å². The molecular weight excluding hydrogens is 506 g/mol. The Morgan fingerprint density at radius 2 is 2.11 bits per heavy atom. The molecule has 0 saturated heterocycles. The Bertz CT molecular complexity index is 1540. The van der Waals surface area contributed by atoms with Crippen molar-refractivity contribution in [1.82, 2.24) is 24.2 Å². The maximum Gasteiger partial charge on any atom is 0.271 e. The van der Waals surface area contributed by atoms with Crippen LogP contribution in [0.15, 0.2) is 55.0 Å². The van der Waals surface area contributed by atoms with E-state index < -0.39 is 0 Å². The number of aliphatic hydroxyl groups is 1. The number of aliphatic hydroxyl groups excluding tert-OH is 1. The van der Waals surface area contributed by atoms with Crippen molar-refractivity contribution in [2.45, 2.75) is 25.7 Å². The van der Waals surface area contributed by atoms with Gasteiger partial charge in [-0.1, -0.05) is 17.7 Å². The normalized spacial score (nSPS) is 14.9. The average Bonchev–Trinajstić information content (AvgIpc) is 3.53. The van der Waals surface area contributed by atoms with Gasteiger partial charge in [-0.25, -0.2) is 4.98 Å². The molecule has 3 aromatic heterocycles. The zero-order valence-electron chi connectivity index (χ0n) is 20.9. The first kappa shape index (κ1) is 25.5. The Balaban J connectivity index is 1.48. The molecule has 1 unspecified atom stereocenters. The fourth-order valence-electron chi connectivity index (χ4n) is 4.70. The number of hydrogen-bond donors (Lipinski definition) is 2. The third-order valence-electron chi connectivity index (χ3n) is 6.67. The van der Waals surface area contributed by atoms with E-state index in [1.54, 1.807) is 47.3 Å². The molecule has 1 atom stereocenters. The van der Waals surface area contributed by atoms with E-state index in [1.165, 1.54) is 0 Å².